The molecular formula is C18H36Si. The topological polar surface area (TPSA) is 0 Å². The first-order valence-electron chi connectivity index (χ1n) is 8.67. The summed E-state index contributed by atoms with van der Waals surface area (Å²) < 4.78 is 0. The van der Waals surface area contributed by atoms with Crippen molar-refractivity contribution in [3.05, 3.63) is 0 Å². The Morgan fingerprint density at radius 3 is 1.11 bits per heavy atom. The van der Waals surface area contributed by atoms with Gasteiger partial charge in [0.15, 0.2) is 0 Å². The van der Waals surface area contributed by atoms with Crippen molar-refractivity contribution >= 4 is 8.07 Å². The van der Waals surface area contributed by atoms with E-state index in [2.05, 4.69) is 54.6 Å². The molecule has 0 aliphatic heterocycles. The van der Waals surface area contributed by atoms with Crippen LogP contribution >= 0.6 is 0 Å². The standard InChI is InChI=1S/C18H36Si/c1-11-9-13(3)17(15(11)5)19(7,8)18-14(4)10-12(2)16(18)6/h11-18H,9-10H2,1-8H3. The van der Waals surface area contributed by atoms with Gasteiger partial charge < -0.3 is 0 Å². The van der Waals surface area contributed by atoms with Crippen molar-refractivity contribution < 1.29 is 0 Å². The Bertz CT molecular complexity index is 292. The van der Waals surface area contributed by atoms with Crippen molar-refractivity contribution in [1.82, 2.24) is 0 Å². The fourth-order valence-electron chi connectivity index (χ4n) is 6.68. The van der Waals surface area contributed by atoms with Crippen LogP contribution in [0.2, 0.25) is 24.2 Å². The highest BCUT2D eigenvalue weighted by Gasteiger charge is 2.53. The van der Waals surface area contributed by atoms with E-state index in [1.807, 2.05) is 0 Å². The molecule has 0 amide bonds. The van der Waals surface area contributed by atoms with E-state index in [0.29, 0.717) is 0 Å². The molecule has 2 aliphatic carbocycles. The van der Waals surface area contributed by atoms with E-state index >= 15 is 0 Å². The maximum atomic E-state index is 2.73. The van der Waals surface area contributed by atoms with Gasteiger partial charge in [-0.15, -0.1) is 0 Å². The Morgan fingerprint density at radius 1 is 0.579 bits per heavy atom. The summed E-state index contributed by atoms with van der Waals surface area (Å²) in [6.45, 7) is 20.7. The van der Waals surface area contributed by atoms with Crippen LogP contribution in [0.15, 0.2) is 0 Å². The van der Waals surface area contributed by atoms with Crippen molar-refractivity contribution in [2.45, 2.75) is 78.6 Å². The molecule has 19 heavy (non-hydrogen) atoms. The van der Waals surface area contributed by atoms with Crippen LogP contribution in [0.25, 0.3) is 0 Å². The van der Waals surface area contributed by atoms with Gasteiger partial charge in [0, 0.05) is 0 Å². The van der Waals surface area contributed by atoms with Gasteiger partial charge in [0.25, 0.3) is 0 Å². The van der Waals surface area contributed by atoms with Gasteiger partial charge in [0.2, 0.25) is 0 Å². The molecule has 0 spiro atoms. The third kappa shape index (κ3) is 2.45. The van der Waals surface area contributed by atoms with Gasteiger partial charge in [0.05, 0.1) is 8.07 Å². The molecule has 0 aromatic rings. The lowest BCUT2D eigenvalue weighted by Crippen LogP contribution is -2.45. The Morgan fingerprint density at radius 2 is 0.895 bits per heavy atom. The summed E-state index contributed by atoms with van der Waals surface area (Å²) in [7, 11) is -1.17. The van der Waals surface area contributed by atoms with Crippen LogP contribution in [0.4, 0.5) is 0 Å². The molecule has 8 atom stereocenters. The summed E-state index contributed by atoms with van der Waals surface area (Å²) in [5.74, 6) is 5.79. The molecule has 0 nitrogen and oxygen atoms in total. The first kappa shape index (κ1) is 15.6. The molecule has 112 valence electrons. The highest BCUT2D eigenvalue weighted by Crippen LogP contribution is 2.60. The first-order valence-corrected chi connectivity index (χ1v) is 11.8. The first-order chi connectivity index (χ1) is 8.67. The third-order valence-corrected chi connectivity index (χ3v) is 13.0. The van der Waals surface area contributed by atoms with Gasteiger partial charge in [0.1, 0.15) is 0 Å². The Labute approximate surface area is 122 Å². The molecule has 1 heteroatoms. The fourth-order valence-corrected chi connectivity index (χ4v) is 13.7. The maximum Gasteiger partial charge on any atom is 0.0546 e. The van der Waals surface area contributed by atoms with E-state index in [1.165, 1.54) is 12.8 Å². The molecule has 8 unspecified atom stereocenters. The van der Waals surface area contributed by atoms with Crippen molar-refractivity contribution in [3.8, 4) is 0 Å². The van der Waals surface area contributed by atoms with Gasteiger partial charge >= 0.3 is 0 Å². The predicted molar refractivity (Wildman–Crippen MR) is 89.2 cm³/mol. The minimum atomic E-state index is -1.17. The molecule has 2 rings (SSSR count). The highest BCUT2D eigenvalue weighted by atomic mass is 28.3. The van der Waals surface area contributed by atoms with Crippen LogP contribution in [0.3, 0.4) is 0 Å². The molecule has 2 saturated carbocycles. The third-order valence-electron chi connectivity index (χ3n) is 7.36. The van der Waals surface area contributed by atoms with Crippen LogP contribution in [0, 0.1) is 35.5 Å². The van der Waals surface area contributed by atoms with Gasteiger partial charge in [-0.05, 0) is 59.4 Å². The molecule has 0 N–H and O–H groups in total. The normalized spacial score (nSPS) is 51.8. The average Bonchev–Trinajstić information content (AvgIpc) is 2.66. The Balaban J connectivity index is 2.27. The Kier molecular flexibility index (Phi) is 4.27. The van der Waals surface area contributed by atoms with Crippen LogP contribution in [0.5, 0.6) is 0 Å². The zero-order chi connectivity index (χ0) is 14.5. The zero-order valence-corrected chi connectivity index (χ0v) is 15.5. The van der Waals surface area contributed by atoms with E-state index < -0.39 is 8.07 Å². The summed E-state index contributed by atoms with van der Waals surface area (Å²) in [6, 6.07) is 0. The average molecular weight is 281 g/mol. The van der Waals surface area contributed by atoms with Crippen molar-refractivity contribution in [1.29, 1.82) is 0 Å². The van der Waals surface area contributed by atoms with Gasteiger partial charge in [-0.1, -0.05) is 54.6 Å². The molecule has 0 bridgehead atoms. The largest absolute Gasteiger partial charge is 0.0689 e. The van der Waals surface area contributed by atoms with Gasteiger partial charge in [-0.2, -0.15) is 0 Å². The molecule has 0 aromatic heterocycles. The summed E-state index contributed by atoms with van der Waals surface area (Å²) >= 11 is 0. The lowest BCUT2D eigenvalue weighted by atomic mass is 10.00. The van der Waals surface area contributed by atoms with E-state index in [-0.39, 0.29) is 0 Å². The van der Waals surface area contributed by atoms with E-state index in [9.17, 15) is 0 Å². The second kappa shape index (κ2) is 5.20. The molecule has 2 aliphatic rings. The SMILES string of the molecule is CC1CC(C)C([Si](C)(C)C2C(C)CC(C)C2C)C1C. The smallest absolute Gasteiger partial charge is 0.0546 e. The molecule has 2 fully saturated rings. The Hall–Kier alpha value is 0.217. The molecule has 0 heterocycles. The van der Waals surface area contributed by atoms with Crippen molar-refractivity contribution in [3.63, 3.8) is 0 Å². The van der Waals surface area contributed by atoms with Gasteiger partial charge in [-0.25, -0.2) is 0 Å². The lowest BCUT2D eigenvalue weighted by molar-refractivity contribution is 0.423. The minimum Gasteiger partial charge on any atom is -0.0689 e. The zero-order valence-electron chi connectivity index (χ0n) is 14.5. The van der Waals surface area contributed by atoms with Gasteiger partial charge in [-0.3, -0.25) is 0 Å². The number of rotatable bonds is 2. The molecule has 0 aromatic carbocycles. The summed E-state index contributed by atoms with van der Waals surface area (Å²) in [5, 5.41) is 0. The fraction of sp³-hybridized carbons (Fsp3) is 1.00. The number of hydrogen-bond acceptors (Lipinski definition) is 0. The molecule has 0 saturated heterocycles. The van der Waals surface area contributed by atoms with Crippen molar-refractivity contribution in [2.24, 2.45) is 35.5 Å². The second-order valence-corrected chi connectivity index (χ2v) is 13.9. The van der Waals surface area contributed by atoms with E-state index in [4.69, 9.17) is 0 Å². The van der Waals surface area contributed by atoms with Crippen molar-refractivity contribution in [2.75, 3.05) is 0 Å². The summed E-state index contributed by atoms with van der Waals surface area (Å²) in [6.07, 6.45) is 2.96. The second-order valence-electron chi connectivity index (χ2n) is 8.97. The van der Waals surface area contributed by atoms with E-state index in [1.54, 1.807) is 0 Å². The summed E-state index contributed by atoms with van der Waals surface area (Å²) in [5.41, 5.74) is 2.12. The predicted octanol–water partition coefficient (Wildman–Crippen LogP) is 6.06. The van der Waals surface area contributed by atoms with Crippen LogP contribution in [-0.2, 0) is 0 Å². The monoisotopic (exact) mass is 280 g/mol. The van der Waals surface area contributed by atoms with Crippen LogP contribution in [0.1, 0.15) is 54.4 Å². The summed E-state index contributed by atoms with van der Waals surface area (Å²) in [4.78, 5) is 0. The van der Waals surface area contributed by atoms with Crippen LogP contribution in [-0.4, -0.2) is 8.07 Å². The maximum absolute atomic E-state index is 2.73. The molecule has 0 radical (unpaired) electrons. The highest BCUT2D eigenvalue weighted by molar-refractivity contribution is 6.80. The van der Waals surface area contributed by atoms with Crippen LogP contribution < -0.4 is 0 Å². The van der Waals surface area contributed by atoms with E-state index in [0.717, 1.165) is 46.6 Å². The quantitative estimate of drug-likeness (QED) is 0.539. The lowest BCUT2D eigenvalue weighted by Gasteiger charge is -2.44. The molecular weight excluding hydrogens is 244 g/mol. The minimum absolute atomic E-state index is 0.955. The number of hydrogen-bond donors (Lipinski definition) is 0.